The molecule has 0 aromatic heterocycles. The molecule has 0 aliphatic rings. The lowest BCUT2D eigenvalue weighted by Crippen LogP contribution is -2.18. The van der Waals surface area contributed by atoms with Crippen molar-refractivity contribution in [2.24, 2.45) is 5.10 Å². The number of halogens is 1. The van der Waals surface area contributed by atoms with Gasteiger partial charge in [0.15, 0.2) is 0 Å². The molecular formula is C21H16BrN3O5. The van der Waals surface area contributed by atoms with Gasteiger partial charge in [-0.1, -0.05) is 40.2 Å². The van der Waals surface area contributed by atoms with Gasteiger partial charge in [0.05, 0.1) is 16.7 Å². The largest absolute Gasteiger partial charge is 0.507 e. The van der Waals surface area contributed by atoms with Crippen LogP contribution in [0, 0.1) is 10.1 Å². The molecule has 1 amide bonds. The molecule has 0 aliphatic carbocycles. The van der Waals surface area contributed by atoms with Gasteiger partial charge in [-0.25, -0.2) is 5.43 Å². The Balaban J connectivity index is 1.68. The van der Waals surface area contributed by atoms with E-state index >= 15 is 0 Å². The highest BCUT2D eigenvalue weighted by molar-refractivity contribution is 9.10. The summed E-state index contributed by atoms with van der Waals surface area (Å²) in [5.74, 6) is -0.594. The molecule has 0 unspecified atom stereocenters. The number of carbonyl (C=O) groups excluding carboxylic acids is 1. The van der Waals surface area contributed by atoms with Crippen molar-refractivity contribution < 1.29 is 19.6 Å². The summed E-state index contributed by atoms with van der Waals surface area (Å²) in [6, 6.07) is 18.0. The molecule has 0 fully saturated rings. The van der Waals surface area contributed by atoms with Crippen LogP contribution >= 0.6 is 15.9 Å². The van der Waals surface area contributed by atoms with Gasteiger partial charge in [0.1, 0.15) is 18.1 Å². The maximum atomic E-state index is 12.2. The van der Waals surface area contributed by atoms with Crippen LogP contribution in [0.2, 0.25) is 0 Å². The van der Waals surface area contributed by atoms with Crippen LogP contribution in [0.25, 0.3) is 0 Å². The summed E-state index contributed by atoms with van der Waals surface area (Å²) >= 11 is 3.38. The fraction of sp³-hybridized carbons (Fsp3) is 0.0476. The fourth-order valence-corrected chi connectivity index (χ4v) is 2.76. The molecule has 0 heterocycles. The number of aromatic hydroxyl groups is 1. The van der Waals surface area contributed by atoms with Crippen LogP contribution < -0.4 is 10.2 Å². The van der Waals surface area contributed by atoms with Crippen molar-refractivity contribution in [1.82, 2.24) is 5.43 Å². The van der Waals surface area contributed by atoms with Crippen LogP contribution in [0.4, 0.5) is 5.69 Å². The summed E-state index contributed by atoms with van der Waals surface area (Å²) < 4.78 is 6.81. The molecule has 0 spiro atoms. The molecule has 0 saturated carbocycles. The third kappa shape index (κ3) is 5.42. The number of hydrogen-bond acceptors (Lipinski definition) is 6. The van der Waals surface area contributed by atoms with Gasteiger partial charge < -0.3 is 9.84 Å². The number of benzene rings is 3. The Labute approximate surface area is 180 Å². The second kappa shape index (κ2) is 9.66. The summed E-state index contributed by atoms with van der Waals surface area (Å²) in [6.45, 7) is 0.353. The Bertz CT molecular complexity index is 1100. The number of amides is 1. The smallest absolute Gasteiger partial charge is 0.275 e. The van der Waals surface area contributed by atoms with E-state index in [0.29, 0.717) is 17.9 Å². The molecule has 30 heavy (non-hydrogen) atoms. The summed E-state index contributed by atoms with van der Waals surface area (Å²) in [7, 11) is 0. The first-order chi connectivity index (χ1) is 14.4. The zero-order valence-corrected chi connectivity index (χ0v) is 17.1. The van der Waals surface area contributed by atoms with Crippen LogP contribution in [0.5, 0.6) is 11.5 Å². The van der Waals surface area contributed by atoms with E-state index in [-0.39, 0.29) is 17.0 Å². The summed E-state index contributed by atoms with van der Waals surface area (Å²) in [5, 5.41) is 24.5. The Morgan fingerprint density at radius 3 is 2.63 bits per heavy atom. The number of nitrogens with one attached hydrogen (secondary N) is 1. The highest BCUT2D eigenvalue weighted by atomic mass is 79.9. The molecule has 0 saturated heterocycles. The van der Waals surface area contributed by atoms with Gasteiger partial charge in [-0.3, -0.25) is 14.9 Å². The molecule has 3 aromatic rings. The monoisotopic (exact) mass is 469 g/mol. The van der Waals surface area contributed by atoms with Crippen LogP contribution in [0.1, 0.15) is 21.5 Å². The maximum Gasteiger partial charge on any atom is 0.275 e. The SMILES string of the molecule is O=C(N/N=C/c1ccccc1OCc1ccc(Br)cc1)c1cc([N+](=O)[O-])ccc1O. The average Bonchev–Trinajstić information content (AvgIpc) is 2.74. The van der Waals surface area contributed by atoms with Gasteiger partial charge in [-0.2, -0.15) is 5.10 Å². The minimum Gasteiger partial charge on any atom is -0.507 e. The van der Waals surface area contributed by atoms with E-state index < -0.39 is 10.8 Å². The number of hydrogen-bond donors (Lipinski definition) is 2. The Kier molecular flexibility index (Phi) is 6.76. The van der Waals surface area contributed by atoms with Gasteiger partial charge in [-0.15, -0.1) is 0 Å². The Morgan fingerprint density at radius 1 is 1.17 bits per heavy atom. The number of nitro benzene ring substituents is 1. The number of non-ortho nitro benzene ring substituents is 1. The first kappa shape index (κ1) is 21.0. The van der Waals surface area contributed by atoms with Crippen LogP contribution in [0.3, 0.4) is 0 Å². The molecule has 0 aliphatic heterocycles. The number of nitrogens with zero attached hydrogens (tertiary/aromatic N) is 2. The van der Waals surface area contributed by atoms with E-state index in [9.17, 15) is 20.0 Å². The molecule has 3 rings (SSSR count). The fourth-order valence-electron chi connectivity index (χ4n) is 2.50. The number of hydrazone groups is 1. The third-order valence-corrected chi connectivity index (χ3v) is 4.56. The van der Waals surface area contributed by atoms with E-state index in [1.54, 1.807) is 18.2 Å². The van der Waals surface area contributed by atoms with Crippen LogP contribution in [-0.4, -0.2) is 22.2 Å². The van der Waals surface area contributed by atoms with E-state index in [0.717, 1.165) is 28.2 Å². The molecule has 152 valence electrons. The zero-order valence-electron chi connectivity index (χ0n) is 15.5. The lowest BCUT2D eigenvalue weighted by atomic mass is 10.1. The number of rotatable bonds is 7. The number of phenolic OH excluding ortho intramolecular Hbond substituents is 1. The molecule has 8 nitrogen and oxygen atoms in total. The van der Waals surface area contributed by atoms with E-state index in [2.05, 4.69) is 26.5 Å². The molecule has 0 bridgehead atoms. The number of nitro groups is 1. The number of carbonyl (C=O) groups is 1. The standard InChI is InChI=1S/C21H16BrN3O5/c22-16-7-5-14(6-8-16)13-30-20-4-2-1-3-15(20)12-23-24-21(27)18-11-17(25(28)29)9-10-19(18)26/h1-12,26H,13H2,(H,24,27)/b23-12+. The van der Waals surface area contributed by atoms with Gasteiger partial charge >= 0.3 is 0 Å². The Morgan fingerprint density at radius 2 is 1.90 bits per heavy atom. The predicted molar refractivity (Wildman–Crippen MR) is 115 cm³/mol. The minimum absolute atomic E-state index is 0.249. The minimum atomic E-state index is -0.777. The molecule has 2 N–H and O–H groups in total. The van der Waals surface area contributed by atoms with Gasteiger partial charge in [0.25, 0.3) is 11.6 Å². The zero-order chi connectivity index (χ0) is 21.5. The first-order valence-corrected chi connectivity index (χ1v) is 9.50. The number of phenols is 1. The molecule has 3 aromatic carbocycles. The van der Waals surface area contributed by atoms with Crippen molar-refractivity contribution in [1.29, 1.82) is 0 Å². The molecule has 9 heteroatoms. The van der Waals surface area contributed by atoms with Crippen molar-refractivity contribution in [2.45, 2.75) is 6.61 Å². The summed E-state index contributed by atoms with van der Waals surface area (Å²) in [5.41, 5.74) is 3.30. The Hall–Kier alpha value is -3.72. The highest BCUT2D eigenvalue weighted by Crippen LogP contribution is 2.23. The van der Waals surface area contributed by atoms with E-state index in [1.807, 2.05) is 30.3 Å². The lowest BCUT2D eigenvalue weighted by Gasteiger charge is -2.09. The van der Waals surface area contributed by atoms with Crippen LogP contribution in [-0.2, 0) is 6.61 Å². The van der Waals surface area contributed by atoms with Gasteiger partial charge in [0, 0.05) is 22.2 Å². The number of ether oxygens (including phenoxy) is 1. The highest BCUT2D eigenvalue weighted by Gasteiger charge is 2.16. The second-order valence-corrected chi connectivity index (χ2v) is 7.03. The van der Waals surface area contributed by atoms with E-state index in [1.165, 1.54) is 6.21 Å². The summed E-state index contributed by atoms with van der Waals surface area (Å²) in [4.78, 5) is 22.4. The number of para-hydroxylation sites is 1. The van der Waals surface area contributed by atoms with Crippen molar-refractivity contribution >= 4 is 33.7 Å². The van der Waals surface area contributed by atoms with Crippen LogP contribution in [0.15, 0.2) is 76.3 Å². The van der Waals surface area contributed by atoms with Gasteiger partial charge in [-0.05, 0) is 35.9 Å². The molecule has 0 radical (unpaired) electrons. The quantitative estimate of drug-likeness (QED) is 0.302. The topological polar surface area (TPSA) is 114 Å². The molecule has 0 atom stereocenters. The third-order valence-electron chi connectivity index (χ3n) is 4.03. The maximum absolute atomic E-state index is 12.2. The predicted octanol–water partition coefficient (Wildman–Crippen LogP) is 4.41. The first-order valence-electron chi connectivity index (χ1n) is 8.71. The lowest BCUT2D eigenvalue weighted by molar-refractivity contribution is -0.384. The second-order valence-electron chi connectivity index (χ2n) is 6.11. The van der Waals surface area contributed by atoms with E-state index in [4.69, 9.17) is 4.74 Å². The summed E-state index contributed by atoms with van der Waals surface area (Å²) in [6.07, 6.45) is 1.39. The average molecular weight is 470 g/mol. The van der Waals surface area contributed by atoms with Crippen molar-refractivity contribution in [3.05, 3.63) is 98.0 Å². The van der Waals surface area contributed by atoms with Crippen molar-refractivity contribution in [3.8, 4) is 11.5 Å². The molecular weight excluding hydrogens is 454 g/mol. The van der Waals surface area contributed by atoms with Gasteiger partial charge in [0.2, 0.25) is 0 Å². The van der Waals surface area contributed by atoms with Crippen molar-refractivity contribution in [2.75, 3.05) is 0 Å². The normalized spacial score (nSPS) is 10.7. The van der Waals surface area contributed by atoms with Crippen molar-refractivity contribution in [3.63, 3.8) is 0 Å².